The average molecular weight is 876 g/mol. The molecule has 0 aliphatic carbocycles. The molecule has 0 aliphatic heterocycles. The van der Waals surface area contributed by atoms with Gasteiger partial charge in [0.2, 0.25) is 0 Å². The second-order valence-electron chi connectivity index (χ2n) is 18.5. The van der Waals surface area contributed by atoms with Crippen LogP contribution in [0.1, 0.15) is 0 Å². The van der Waals surface area contributed by atoms with Crippen LogP contribution in [0.4, 0.5) is 0 Å². The fourth-order valence-electron chi connectivity index (χ4n) is 11.6. The van der Waals surface area contributed by atoms with Crippen LogP contribution in [-0.4, -0.2) is 13.5 Å². The smallest absolute Gasteiger partial charge is 0.0620 e. The number of rotatable bonds is 6. The van der Waals surface area contributed by atoms with E-state index >= 15 is 0 Å². The summed E-state index contributed by atoms with van der Waals surface area (Å²) in [5.74, 6) is 0. The standard InChI is InChI=1S/C66H41N3/c1-2-11-50(12-3-1)67-60-18-7-5-14-53(60)58-39-47(32-37-63(58)67)44-25-21-42(22-26-44)43-23-27-45(28-24-43)48-33-38-64-59(40-48)54-15-6-8-19-61(54)68(64)51-34-29-46(30-35-51)49-31-36-55-57-17-10-16-56-52-13-4-9-20-62(52)69(66(56)57)65(55)41-49/h1-41H. The van der Waals surface area contributed by atoms with Gasteiger partial charge in [-0.25, -0.2) is 0 Å². The Labute approximate surface area is 397 Å². The maximum Gasteiger partial charge on any atom is 0.0620 e. The molecule has 0 radical (unpaired) electrons. The topological polar surface area (TPSA) is 14.3 Å². The first-order valence-electron chi connectivity index (χ1n) is 23.8. The van der Waals surface area contributed by atoms with E-state index in [9.17, 15) is 0 Å². The average Bonchev–Trinajstić information content (AvgIpc) is 4.15. The molecule has 69 heavy (non-hydrogen) atoms. The van der Waals surface area contributed by atoms with Crippen molar-refractivity contribution in [3.8, 4) is 55.9 Å². The Bertz CT molecular complexity index is 4490. The Morgan fingerprint density at radius 2 is 0.536 bits per heavy atom. The van der Waals surface area contributed by atoms with Crippen molar-refractivity contribution in [3.63, 3.8) is 0 Å². The minimum atomic E-state index is 1.15. The molecule has 3 heteroatoms. The molecule has 0 N–H and O–H groups in total. The highest BCUT2D eigenvalue weighted by Crippen LogP contribution is 2.42. The Balaban J connectivity index is 0.727. The number of para-hydroxylation sites is 5. The van der Waals surface area contributed by atoms with Crippen molar-refractivity contribution >= 4 is 81.7 Å². The third kappa shape index (κ3) is 5.68. The van der Waals surface area contributed by atoms with Crippen LogP contribution in [0.2, 0.25) is 0 Å². The summed E-state index contributed by atoms with van der Waals surface area (Å²) in [4.78, 5) is 0. The third-order valence-corrected chi connectivity index (χ3v) is 14.8. The van der Waals surface area contributed by atoms with Crippen molar-refractivity contribution in [1.29, 1.82) is 0 Å². The van der Waals surface area contributed by atoms with Gasteiger partial charge in [0.15, 0.2) is 0 Å². The van der Waals surface area contributed by atoms with Gasteiger partial charge in [0.05, 0.1) is 38.6 Å². The van der Waals surface area contributed by atoms with E-state index in [1.54, 1.807) is 0 Å². The molecule has 15 rings (SSSR count). The van der Waals surface area contributed by atoms with Crippen LogP contribution in [0.5, 0.6) is 0 Å². The van der Waals surface area contributed by atoms with Gasteiger partial charge < -0.3 is 13.5 Å². The quantitative estimate of drug-likeness (QED) is 0.158. The molecule has 0 aliphatic rings. The summed E-state index contributed by atoms with van der Waals surface area (Å²) in [7, 11) is 0. The molecule has 320 valence electrons. The van der Waals surface area contributed by atoms with Crippen molar-refractivity contribution in [2.75, 3.05) is 0 Å². The highest BCUT2D eigenvalue weighted by molar-refractivity contribution is 6.23. The number of fused-ring (bicyclic) bond motifs is 12. The first-order valence-corrected chi connectivity index (χ1v) is 23.8. The summed E-state index contributed by atoms with van der Waals surface area (Å²) in [5, 5.41) is 10.2. The minimum absolute atomic E-state index is 1.15. The van der Waals surface area contributed by atoms with Crippen molar-refractivity contribution in [2.24, 2.45) is 0 Å². The summed E-state index contributed by atoms with van der Waals surface area (Å²) < 4.78 is 7.24. The zero-order valence-corrected chi connectivity index (χ0v) is 37.5. The van der Waals surface area contributed by atoms with Crippen molar-refractivity contribution in [3.05, 3.63) is 249 Å². The fraction of sp³-hybridized carbons (Fsp3) is 0. The summed E-state index contributed by atoms with van der Waals surface area (Å²) >= 11 is 0. The highest BCUT2D eigenvalue weighted by Gasteiger charge is 2.19. The number of nitrogens with zero attached hydrogens (tertiary/aromatic N) is 3. The fourth-order valence-corrected chi connectivity index (χ4v) is 11.6. The van der Waals surface area contributed by atoms with E-state index in [0.717, 1.165) is 5.69 Å². The van der Waals surface area contributed by atoms with Crippen molar-refractivity contribution in [2.45, 2.75) is 0 Å². The molecule has 4 heterocycles. The van der Waals surface area contributed by atoms with Crippen molar-refractivity contribution < 1.29 is 0 Å². The molecule has 3 nitrogen and oxygen atoms in total. The molecule has 0 bridgehead atoms. The lowest BCUT2D eigenvalue weighted by molar-refractivity contribution is 1.18. The molecule has 4 aromatic heterocycles. The molecule has 0 saturated heterocycles. The van der Waals surface area contributed by atoms with Gasteiger partial charge in [-0.3, -0.25) is 0 Å². The number of hydrogen-bond acceptors (Lipinski definition) is 0. The minimum Gasteiger partial charge on any atom is -0.309 e. The molecule has 0 fully saturated rings. The molecule has 0 saturated carbocycles. The predicted molar refractivity (Wildman–Crippen MR) is 292 cm³/mol. The van der Waals surface area contributed by atoms with Gasteiger partial charge >= 0.3 is 0 Å². The lowest BCUT2D eigenvalue weighted by atomic mass is 9.97. The molecular weight excluding hydrogens is 835 g/mol. The van der Waals surface area contributed by atoms with Gasteiger partial charge in [-0.1, -0.05) is 176 Å². The lowest BCUT2D eigenvalue weighted by Crippen LogP contribution is -1.93. The van der Waals surface area contributed by atoms with Crippen LogP contribution < -0.4 is 0 Å². The van der Waals surface area contributed by atoms with Crippen molar-refractivity contribution in [1.82, 2.24) is 13.5 Å². The normalized spacial score (nSPS) is 12.1. The summed E-state index contributed by atoms with van der Waals surface area (Å²) in [6.07, 6.45) is 0. The maximum atomic E-state index is 2.46. The lowest BCUT2D eigenvalue weighted by Gasteiger charge is -2.10. The Kier molecular flexibility index (Phi) is 8.07. The highest BCUT2D eigenvalue weighted by atomic mass is 15.0. The molecule has 0 unspecified atom stereocenters. The number of aromatic nitrogens is 3. The van der Waals surface area contributed by atoms with E-state index in [-0.39, 0.29) is 0 Å². The van der Waals surface area contributed by atoms with Crippen LogP contribution in [0.15, 0.2) is 249 Å². The Morgan fingerprint density at radius 3 is 1.07 bits per heavy atom. The van der Waals surface area contributed by atoms with Gasteiger partial charge in [0.25, 0.3) is 0 Å². The Morgan fingerprint density at radius 1 is 0.188 bits per heavy atom. The summed E-state index contributed by atoms with van der Waals surface area (Å²) in [6.45, 7) is 0. The largest absolute Gasteiger partial charge is 0.309 e. The van der Waals surface area contributed by atoms with Crippen LogP contribution >= 0.6 is 0 Å². The first kappa shape index (κ1) is 38.0. The van der Waals surface area contributed by atoms with E-state index in [1.165, 1.54) is 132 Å². The van der Waals surface area contributed by atoms with Gasteiger partial charge in [-0.15, -0.1) is 0 Å². The molecule has 11 aromatic carbocycles. The zero-order chi connectivity index (χ0) is 45.2. The number of benzene rings is 11. The van der Waals surface area contributed by atoms with E-state index in [1.807, 2.05) is 0 Å². The third-order valence-electron chi connectivity index (χ3n) is 14.8. The van der Waals surface area contributed by atoms with Crippen LogP contribution in [0, 0.1) is 0 Å². The van der Waals surface area contributed by atoms with Crippen LogP contribution in [0.3, 0.4) is 0 Å². The van der Waals surface area contributed by atoms with E-state index in [4.69, 9.17) is 0 Å². The Hall–Kier alpha value is -9.18. The maximum absolute atomic E-state index is 2.46. The predicted octanol–water partition coefficient (Wildman–Crippen LogP) is 17.7. The monoisotopic (exact) mass is 875 g/mol. The number of hydrogen-bond donors (Lipinski definition) is 0. The first-order chi connectivity index (χ1) is 34.2. The molecule has 0 spiro atoms. The molecule has 0 amide bonds. The summed E-state index contributed by atoms with van der Waals surface area (Å²) in [5.41, 5.74) is 20.6. The molecular formula is C66H41N3. The van der Waals surface area contributed by atoms with Gasteiger partial charge in [-0.05, 0) is 117 Å². The van der Waals surface area contributed by atoms with E-state index in [0.29, 0.717) is 0 Å². The second-order valence-corrected chi connectivity index (χ2v) is 18.5. The van der Waals surface area contributed by atoms with Crippen LogP contribution in [0.25, 0.3) is 138 Å². The molecule has 0 atom stereocenters. The van der Waals surface area contributed by atoms with E-state index in [2.05, 4.69) is 262 Å². The SMILES string of the molecule is c1ccc(-n2c3ccccc3c3cc(-c4ccc(-c5ccc(-c6ccc7c(c6)c6ccccc6n7-c6ccc(-c7ccc8c9cccc%10c%11ccccc%11n(c8c7)c%109)cc6)cc5)cc4)ccc32)cc1. The van der Waals surface area contributed by atoms with Crippen LogP contribution in [-0.2, 0) is 0 Å². The van der Waals surface area contributed by atoms with E-state index < -0.39 is 0 Å². The van der Waals surface area contributed by atoms with Gasteiger partial charge in [0, 0.05) is 54.5 Å². The van der Waals surface area contributed by atoms with Gasteiger partial charge in [0.1, 0.15) is 0 Å². The summed E-state index contributed by atoms with van der Waals surface area (Å²) in [6, 6.07) is 91.5. The van der Waals surface area contributed by atoms with Gasteiger partial charge in [-0.2, -0.15) is 0 Å². The zero-order valence-electron chi connectivity index (χ0n) is 37.5. The second kappa shape index (κ2) is 14.7. The molecule has 15 aromatic rings.